The number of fused-ring (bicyclic) bond motifs is 3. The van der Waals surface area contributed by atoms with Crippen molar-refractivity contribution in [1.82, 2.24) is 0 Å². The summed E-state index contributed by atoms with van der Waals surface area (Å²) in [6.07, 6.45) is -0.0850. The normalized spacial score (nSPS) is 33.0. The lowest BCUT2D eigenvalue weighted by atomic mass is 9.52. The van der Waals surface area contributed by atoms with Gasteiger partial charge in [-0.2, -0.15) is 0 Å². The monoisotopic (exact) mass is 413 g/mol. The highest BCUT2D eigenvalue weighted by Crippen LogP contribution is 2.57. The van der Waals surface area contributed by atoms with E-state index in [4.69, 9.17) is 5.73 Å². The number of rotatable bonds is 2. The summed E-state index contributed by atoms with van der Waals surface area (Å²) in [5.41, 5.74) is 1.58. The number of aliphatic hydroxyl groups is 3. The number of nitrogens with two attached hydrogens (primary N) is 1. The number of phenols is 1. The summed E-state index contributed by atoms with van der Waals surface area (Å²) in [5.74, 6) is -9.43. The quantitative estimate of drug-likeness (QED) is 0.342. The zero-order valence-electron chi connectivity index (χ0n) is 15.8. The Bertz CT molecular complexity index is 1100. The number of aromatic hydroxyl groups is 1. The largest absolute Gasteiger partial charge is 0.508 e. The number of hydrogen-bond acceptors (Lipinski definition) is 8. The van der Waals surface area contributed by atoms with Gasteiger partial charge in [0.05, 0.1) is 5.56 Å². The number of primary amides is 1. The van der Waals surface area contributed by atoms with Gasteiger partial charge in [0, 0.05) is 29.7 Å². The molecule has 5 atom stereocenters. The molecule has 0 heterocycles. The fourth-order valence-electron chi connectivity index (χ4n) is 5.24. The lowest BCUT2D eigenvalue weighted by Crippen LogP contribution is -2.62. The van der Waals surface area contributed by atoms with Crippen LogP contribution in [-0.2, 0) is 19.2 Å². The highest BCUT2D eigenvalue weighted by Gasteiger charge is 2.64. The molecule has 0 spiro atoms. The summed E-state index contributed by atoms with van der Waals surface area (Å²) < 4.78 is 0. The van der Waals surface area contributed by atoms with E-state index >= 15 is 0 Å². The van der Waals surface area contributed by atoms with Gasteiger partial charge in [0.15, 0.2) is 11.4 Å². The number of benzene rings is 1. The second kappa shape index (κ2) is 6.27. The molecule has 0 aliphatic heterocycles. The van der Waals surface area contributed by atoms with E-state index in [9.17, 15) is 39.6 Å². The third kappa shape index (κ3) is 2.20. The van der Waals surface area contributed by atoms with Gasteiger partial charge >= 0.3 is 0 Å². The molecule has 0 bridgehead atoms. The van der Waals surface area contributed by atoms with Crippen LogP contribution in [0.2, 0.25) is 0 Å². The van der Waals surface area contributed by atoms with Crippen molar-refractivity contribution in [1.29, 1.82) is 0 Å². The van der Waals surface area contributed by atoms with Crippen LogP contribution < -0.4 is 5.73 Å². The standard InChI is InChI=1S/C21H19NO8/c1-7-8-3-2-4-11(24)14(8)17(26)16-13(7)9(6-23)10-5-12(25)15(20(22)29)18(27)21(10,30)19(16)28/h2-4,6-7,9-10,13,24,26-27,30H,5H2,1H3,(H2,22,29). The van der Waals surface area contributed by atoms with Crippen LogP contribution in [0.3, 0.4) is 0 Å². The highest BCUT2D eigenvalue weighted by atomic mass is 16.3. The van der Waals surface area contributed by atoms with Gasteiger partial charge in [-0.15, -0.1) is 0 Å². The number of hydrogen-bond donors (Lipinski definition) is 5. The average Bonchev–Trinajstić information content (AvgIpc) is 2.68. The van der Waals surface area contributed by atoms with Gasteiger partial charge in [-0.3, -0.25) is 14.4 Å². The van der Waals surface area contributed by atoms with E-state index in [0.29, 0.717) is 11.8 Å². The molecule has 156 valence electrons. The Kier molecular flexibility index (Phi) is 4.14. The lowest BCUT2D eigenvalue weighted by molar-refractivity contribution is -0.154. The van der Waals surface area contributed by atoms with Gasteiger partial charge in [-0.25, -0.2) is 0 Å². The second-order valence-corrected chi connectivity index (χ2v) is 7.95. The molecule has 3 aliphatic rings. The van der Waals surface area contributed by atoms with Gasteiger partial charge in [0.2, 0.25) is 5.78 Å². The molecule has 0 radical (unpaired) electrons. The number of carbonyl (C=O) groups is 4. The van der Waals surface area contributed by atoms with E-state index in [1.165, 1.54) is 6.07 Å². The summed E-state index contributed by atoms with van der Waals surface area (Å²) in [5, 5.41) is 42.9. The van der Waals surface area contributed by atoms with E-state index in [0.717, 1.165) is 0 Å². The number of phenolic OH excluding ortho intramolecular Hbond substituents is 1. The first-order valence-corrected chi connectivity index (χ1v) is 9.31. The van der Waals surface area contributed by atoms with Crippen LogP contribution in [0.4, 0.5) is 0 Å². The van der Waals surface area contributed by atoms with Crippen LogP contribution in [0, 0.1) is 17.8 Å². The molecular formula is C21H19NO8. The van der Waals surface area contributed by atoms with E-state index in [1.807, 2.05) is 0 Å². The molecule has 1 aromatic carbocycles. The first-order valence-electron chi connectivity index (χ1n) is 9.31. The maximum absolute atomic E-state index is 13.4. The zero-order valence-corrected chi connectivity index (χ0v) is 15.8. The first-order chi connectivity index (χ1) is 14.1. The van der Waals surface area contributed by atoms with Crippen LogP contribution in [0.5, 0.6) is 5.75 Å². The molecule has 1 saturated carbocycles. The van der Waals surface area contributed by atoms with Crippen LogP contribution in [-0.4, -0.2) is 49.8 Å². The number of amides is 1. The number of aliphatic hydroxyl groups excluding tert-OH is 2. The third-order valence-corrected chi connectivity index (χ3v) is 6.62. The molecule has 6 N–H and O–H groups in total. The van der Waals surface area contributed by atoms with Gasteiger partial charge in [0.1, 0.15) is 29.1 Å². The molecular weight excluding hydrogens is 394 g/mol. The summed E-state index contributed by atoms with van der Waals surface area (Å²) in [6, 6.07) is 4.50. The number of Topliss-reactive ketones (excluding diaryl/α,β-unsaturated/α-hetero) is 2. The second-order valence-electron chi connectivity index (χ2n) is 7.95. The third-order valence-electron chi connectivity index (χ3n) is 6.62. The molecule has 1 aromatic rings. The van der Waals surface area contributed by atoms with E-state index in [2.05, 4.69) is 0 Å². The Morgan fingerprint density at radius 3 is 2.50 bits per heavy atom. The summed E-state index contributed by atoms with van der Waals surface area (Å²) >= 11 is 0. The van der Waals surface area contributed by atoms with Crippen molar-refractivity contribution in [3.63, 3.8) is 0 Å². The van der Waals surface area contributed by atoms with Gasteiger partial charge < -0.3 is 31.0 Å². The summed E-state index contributed by atoms with van der Waals surface area (Å²) in [7, 11) is 0. The Balaban J connectivity index is 2.05. The number of carbonyl (C=O) groups excluding carboxylic acids is 4. The van der Waals surface area contributed by atoms with Crippen LogP contribution in [0.1, 0.15) is 30.4 Å². The van der Waals surface area contributed by atoms with Crippen molar-refractivity contribution in [2.24, 2.45) is 23.5 Å². The van der Waals surface area contributed by atoms with Crippen LogP contribution >= 0.6 is 0 Å². The average molecular weight is 413 g/mol. The minimum absolute atomic E-state index is 0.0122. The Labute approximate surface area is 170 Å². The van der Waals surface area contributed by atoms with Gasteiger partial charge in [-0.1, -0.05) is 19.1 Å². The maximum atomic E-state index is 13.4. The predicted molar refractivity (Wildman–Crippen MR) is 101 cm³/mol. The molecule has 4 rings (SSSR count). The summed E-state index contributed by atoms with van der Waals surface area (Å²) in [4.78, 5) is 49.6. The SMILES string of the molecule is CC1c2cccc(O)c2C(O)=C2C(=O)C3(O)C(O)=C(C(N)=O)C(=O)CC3C(C=O)C21. The smallest absolute Gasteiger partial charge is 0.255 e. The predicted octanol–water partition coefficient (Wildman–Crippen LogP) is 0.410. The van der Waals surface area contributed by atoms with E-state index < -0.39 is 70.3 Å². The van der Waals surface area contributed by atoms with Crippen molar-refractivity contribution in [3.05, 3.63) is 46.2 Å². The molecule has 30 heavy (non-hydrogen) atoms. The first kappa shape index (κ1) is 19.8. The van der Waals surface area contributed by atoms with Crippen LogP contribution in [0.15, 0.2) is 35.1 Å². The van der Waals surface area contributed by atoms with Crippen molar-refractivity contribution in [3.8, 4) is 5.75 Å². The van der Waals surface area contributed by atoms with Crippen molar-refractivity contribution >= 4 is 29.5 Å². The van der Waals surface area contributed by atoms with Crippen molar-refractivity contribution < 1.29 is 39.6 Å². The van der Waals surface area contributed by atoms with E-state index in [-0.39, 0.29) is 16.9 Å². The topological polar surface area (TPSA) is 175 Å². The highest BCUT2D eigenvalue weighted by molar-refractivity contribution is 6.23. The molecule has 0 saturated heterocycles. The molecule has 1 amide bonds. The number of aldehydes is 1. The molecule has 9 heteroatoms. The van der Waals surface area contributed by atoms with Crippen molar-refractivity contribution in [2.75, 3.05) is 0 Å². The molecule has 5 unspecified atom stereocenters. The Hall–Kier alpha value is -3.46. The van der Waals surface area contributed by atoms with Gasteiger partial charge in [-0.05, 0) is 17.5 Å². The van der Waals surface area contributed by atoms with Gasteiger partial charge in [0.25, 0.3) is 5.91 Å². The molecule has 0 aromatic heterocycles. The summed E-state index contributed by atoms with van der Waals surface area (Å²) in [6.45, 7) is 1.69. The zero-order chi connectivity index (χ0) is 22.1. The van der Waals surface area contributed by atoms with Crippen LogP contribution in [0.25, 0.3) is 5.76 Å². The Morgan fingerprint density at radius 2 is 1.90 bits per heavy atom. The molecule has 1 fully saturated rings. The molecule has 3 aliphatic carbocycles. The minimum Gasteiger partial charge on any atom is -0.508 e. The lowest BCUT2D eigenvalue weighted by Gasteiger charge is -2.50. The fourth-order valence-corrected chi connectivity index (χ4v) is 5.24. The molecule has 9 nitrogen and oxygen atoms in total. The van der Waals surface area contributed by atoms with E-state index in [1.54, 1.807) is 19.1 Å². The minimum atomic E-state index is -2.79. The Morgan fingerprint density at radius 1 is 1.23 bits per heavy atom. The maximum Gasteiger partial charge on any atom is 0.255 e. The number of ketones is 2. The van der Waals surface area contributed by atoms with Crippen molar-refractivity contribution in [2.45, 2.75) is 24.9 Å². The fraction of sp³-hybridized carbons (Fsp3) is 0.333.